The molecule has 28 heavy (non-hydrogen) atoms. The summed E-state index contributed by atoms with van der Waals surface area (Å²) in [4.78, 5) is 21.9. The lowest BCUT2D eigenvalue weighted by atomic mass is 9.89. The van der Waals surface area contributed by atoms with Crippen LogP contribution in [0.2, 0.25) is 0 Å². The first-order chi connectivity index (χ1) is 13.3. The molecule has 0 aliphatic heterocycles. The number of carbonyl (C=O) groups is 2. The molecule has 0 saturated heterocycles. The fourth-order valence-corrected chi connectivity index (χ4v) is 3.70. The first kappa shape index (κ1) is 24.4. The maximum absolute atomic E-state index is 11.3. The van der Waals surface area contributed by atoms with Gasteiger partial charge in [0.2, 0.25) is 0 Å². The van der Waals surface area contributed by atoms with E-state index in [1.807, 2.05) is 24.3 Å². The maximum atomic E-state index is 11.3. The molecule has 3 N–H and O–H groups in total. The Hall–Kier alpha value is -1.66. The average molecular weight is 397 g/mol. The average Bonchev–Trinajstić information content (AvgIpc) is 2.88. The van der Waals surface area contributed by atoms with E-state index >= 15 is 0 Å². The Bertz CT molecular complexity index is 527. The highest BCUT2D eigenvalue weighted by molar-refractivity contribution is 5.66. The van der Waals surface area contributed by atoms with Crippen LogP contribution in [0.5, 0.6) is 0 Å². The van der Waals surface area contributed by atoms with E-state index in [2.05, 4.69) is 6.92 Å². The second-order valence-corrected chi connectivity index (χ2v) is 7.63. The molecule has 6 heteroatoms. The van der Waals surface area contributed by atoms with Crippen LogP contribution in [0.4, 0.5) is 0 Å². The highest BCUT2D eigenvalue weighted by Crippen LogP contribution is 2.36. The van der Waals surface area contributed by atoms with Gasteiger partial charge in [0.05, 0.1) is 12.2 Å². The van der Waals surface area contributed by atoms with Gasteiger partial charge in [-0.25, -0.2) is 0 Å². The van der Waals surface area contributed by atoms with Crippen LogP contribution in [0.15, 0.2) is 24.3 Å². The number of hydrogen-bond donors (Lipinski definition) is 3. The van der Waals surface area contributed by atoms with Gasteiger partial charge in [0.1, 0.15) is 6.10 Å². The monoisotopic (exact) mass is 396 g/mol. The minimum absolute atomic E-state index is 0.101. The van der Waals surface area contributed by atoms with Crippen molar-refractivity contribution in [2.75, 3.05) is 0 Å². The molecule has 0 radical (unpaired) electrons. The number of unbranched alkanes of at least 4 members (excludes halogenated alkanes) is 3. The molecule has 1 unspecified atom stereocenters. The summed E-state index contributed by atoms with van der Waals surface area (Å²) in [5.41, 5.74) is 0. The van der Waals surface area contributed by atoms with E-state index in [-0.39, 0.29) is 30.3 Å². The third-order valence-corrected chi connectivity index (χ3v) is 5.21. The van der Waals surface area contributed by atoms with Crippen molar-refractivity contribution in [3.05, 3.63) is 24.3 Å². The zero-order valence-electron chi connectivity index (χ0n) is 17.1. The molecule has 5 atom stereocenters. The van der Waals surface area contributed by atoms with Gasteiger partial charge in [0, 0.05) is 25.7 Å². The molecule has 0 aromatic heterocycles. The number of aliphatic hydroxyl groups is 2. The van der Waals surface area contributed by atoms with Crippen molar-refractivity contribution in [1.82, 2.24) is 0 Å². The molecule has 0 spiro atoms. The van der Waals surface area contributed by atoms with Crippen LogP contribution in [-0.4, -0.2) is 45.6 Å². The Kier molecular flexibility index (Phi) is 11.8. The predicted molar refractivity (Wildman–Crippen MR) is 108 cm³/mol. The highest BCUT2D eigenvalue weighted by atomic mass is 16.5. The lowest BCUT2D eigenvalue weighted by molar-refractivity contribution is -0.144. The third kappa shape index (κ3) is 9.51. The minimum Gasteiger partial charge on any atom is -0.481 e. The molecule has 0 aromatic carbocycles. The van der Waals surface area contributed by atoms with Crippen molar-refractivity contribution in [2.24, 2.45) is 11.8 Å². The summed E-state index contributed by atoms with van der Waals surface area (Å²) in [6.45, 7) is 3.51. The van der Waals surface area contributed by atoms with Gasteiger partial charge in [-0.1, -0.05) is 38.0 Å². The van der Waals surface area contributed by atoms with Gasteiger partial charge >= 0.3 is 11.9 Å². The second-order valence-electron chi connectivity index (χ2n) is 7.63. The maximum Gasteiger partial charge on any atom is 0.303 e. The lowest BCUT2D eigenvalue weighted by Crippen LogP contribution is -2.21. The Morgan fingerprint density at radius 1 is 1.14 bits per heavy atom. The summed E-state index contributed by atoms with van der Waals surface area (Å²) in [6.07, 6.45) is 12.4. The highest BCUT2D eigenvalue weighted by Gasteiger charge is 2.39. The van der Waals surface area contributed by atoms with Gasteiger partial charge in [0.25, 0.3) is 0 Å². The van der Waals surface area contributed by atoms with Gasteiger partial charge in [-0.15, -0.1) is 0 Å². The van der Waals surface area contributed by atoms with Gasteiger partial charge in [-0.3, -0.25) is 9.59 Å². The van der Waals surface area contributed by atoms with E-state index in [0.717, 1.165) is 25.7 Å². The van der Waals surface area contributed by atoms with E-state index in [9.17, 15) is 19.8 Å². The van der Waals surface area contributed by atoms with Crippen molar-refractivity contribution in [2.45, 2.75) is 89.9 Å². The van der Waals surface area contributed by atoms with E-state index in [0.29, 0.717) is 25.7 Å². The van der Waals surface area contributed by atoms with Gasteiger partial charge in [-0.2, -0.15) is 0 Å². The Morgan fingerprint density at radius 2 is 1.89 bits per heavy atom. The van der Waals surface area contributed by atoms with Crippen molar-refractivity contribution in [3.8, 4) is 0 Å². The molecule has 6 nitrogen and oxygen atoms in total. The predicted octanol–water partition coefficient (Wildman–Crippen LogP) is 3.61. The molecular formula is C22H36O6. The number of rotatable bonds is 13. The molecule has 0 heterocycles. The first-order valence-corrected chi connectivity index (χ1v) is 10.4. The number of ether oxygens (including phenoxy) is 1. The zero-order valence-corrected chi connectivity index (χ0v) is 17.1. The molecule has 0 aromatic rings. The second kappa shape index (κ2) is 13.5. The molecular weight excluding hydrogens is 360 g/mol. The zero-order chi connectivity index (χ0) is 20.9. The quantitative estimate of drug-likeness (QED) is 0.250. The van der Waals surface area contributed by atoms with E-state index in [1.54, 1.807) is 0 Å². The van der Waals surface area contributed by atoms with Crippen LogP contribution >= 0.6 is 0 Å². The normalized spacial score (nSPS) is 26.1. The van der Waals surface area contributed by atoms with E-state index in [1.165, 1.54) is 6.92 Å². The van der Waals surface area contributed by atoms with Crippen LogP contribution in [0.25, 0.3) is 0 Å². The van der Waals surface area contributed by atoms with Crippen molar-refractivity contribution in [1.29, 1.82) is 0 Å². The van der Waals surface area contributed by atoms with Crippen LogP contribution < -0.4 is 0 Å². The summed E-state index contributed by atoms with van der Waals surface area (Å²) < 4.78 is 5.37. The summed E-state index contributed by atoms with van der Waals surface area (Å²) in [6, 6.07) is 0. The standard InChI is InChI=1S/C22H36O6/c1-3-4-7-10-17(28-16(2)23)13-14-19-18(20(24)15-21(19)25)11-8-5-6-9-12-22(26)27/h5,8,13-14,17-21,24-25H,3-4,6-7,9-12,15H2,1-2H3,(H,26,27)/b8-5-,14-13+/t17-,18+,19?,20-,21+/m0/s1. The van der Waals surface area contributed by atoms with Crippen molar-refractivity contribution >= 4 is 11.9 Å². The number of aliphatic carboxylic acids is 1. The third-order valence-electron chi connectivity index (χ3n) is 5.21. The van der Waals surface area contributed by atoms with Crippen molar-refractivity contribution < 1.29 is 29.6 Å². The lowest BCUT2D eigenvalue weighted by Gasteiger charge is -2.20. The molecule has 1 saturated carbocycles. The number of carboxylic acid groups (broad SMARTS) is 1. The van der Waals surface area contributed by atoms with E-state index < -0.39 is 18.2 Å². The summed E-state index contributed by atoms with van der Waals surface area (Å²) >= 11 is 0. The number of esters is 1. The van der Waals surface area contributed by atoms with Crippen molar-refractivity contribution in [3.63, 3.8) is 0 Å². The Morgan fingerprint density at radius 3 is 2.54 bits per heavy atom. The molecule has 1 fully saturated rings. The summed E-state index contributed by atoms with van der Waals surface area (Å²) in [5.74, 6) is -1.41. The van der Waals surface area contributed by atoms with Gasteiger partial charge < -0.3 is 20.1 Å². The van der Waals surface area contributed by atoms with Crippen LogP contribution in [-0.2, 0) is 14.3 Å². The Labute approximate surface area is 168 Å². The van der Waals surface area contributed by atoms with Crippen LogP contribution in [0.1, 0.15) is 71.6 Å². The summed E-state index contributed by atoms with van der Waals surface area (Å²) in [7, 11) is 0. The van der Waals surface area contributed by atoms with Crippen LogP contribution in [0, 0.1) is 11.8 Å². The number of hydrogen-bond acceptors (Lipinski definition) is 5. The SMILES string of the molecule is CCCCC[C@@H](/C=C/C1[C@H](O)C[C@H](O)[C@@H]1C/C=C\CCCC(=O)O)OC(C)=O. The Balaban J connectivity index is 2.64. The van der Waals surface area contributed by atoms with Crippen LogP contribution in [0.3, 0.4) is 0 Å². The molecule has 1 aliphatic carbocycles. The summed E-state index contributed by atoms with van der Waals surface area (Å²) in [5, 5.41) is 29.3. The molecule has 1 aliphatic rings. The largest absolute Gasteiger partial charge is 0.481 e. The molecule has 160 valence electrons. The molecule has 0 amide bonds. The smallest absolute Gasteiger partial charge is 0.303 e. The number of aliphatic hydroxyl groups excluding tert-OH is 2. The number of allylic oxidation sites excluding steroid dienone is 2. The first-order valence-electron chi connectivity index (χ1n) is 10.4. The fraction of sp³-hybridized carbons (Fsp3) is 0.727. The van der Waals surface area contributed by atoms with Gasteiger partial charge in [0.15, 0.2) is 0 Å². The molecule has 1 rings (SSSR count). The number of carbonyl (C=O) groups excluding carboxylic acids is 1. The number of carboxylic acids is 1. The minimum atomic E-state index is -0.797. The fourth-order valence-electron chi connectivity index (χ4n) is 3.70. The van der Waals surface area contributed by atoms with Gasteiger partial charge in [-0.05, 0) is 44.1 Å². The topological polar surface area (TPSA) is 104 Å². The molecule has 0 bridgehead atoms. The van der Waals surface area contributed by atoms with E-state index in [4.69, 9.17) is 9.84 Å².